The van der Waals surface area contributed by atoms with Crippen LogP contribution >= 0.6 is 7.26 Å². The van der Waals surface area contributed by atoms with Gasteiger partial charge < -0.3 is 0 Å². The highest BCUT2D eigenvalue weighted by Gasteiger charge is 2.53. The van der Waals surface area contributed by atoms with Gasteiger partial charge in [0.2, 0.25) is 0 Å². The zero-order valence-corrected chi connectivity index (χ0v) is 16.1. The van der Waals surface area contributed by atoms with Crippen LogP contribution in [0, 0.1) is 0 Å². The lowest BCUT2D eigenvalue weighted by molar-refractivity contribution is 0.606. The third kappa shape index (κ3) is 2.93. The van der Waals surface area contributed by atoms with E-state index < -0.39 is 7.26 Å². The fraction of sp³-hybridized carbons (Fsp3) is 0.200. The minimum Gasteiger partial charge on any atom is -0.0959 e. The molecule has 0 saturated heterocycles. The summed E-state index contributed by atoms with van der Waals surface area (Å²) in [5.74, 6) is 0. The Morgan fingerprint density at radius 3 is 1.42 bits per heavy atom. The maximum absolute atomic E-state index is 4.57. The van der Waals surface area contributed by atoms with Gasteiger partial charge in [0.25, 0.3) is 0 Å². The molecule has 0 N–H and O–H groups in total. The molecule has 1 unspecified atom stereocenters. The molecule has 1 atom stereocenters. The average Bonchev–Trinajstić information content (AvgIpc) is 2.72. The number of hydrogen-bond donors (Lipinski definition) is 0. The fourth-order valence-corrected chi connectivity index (χ4v) is 9.65. The number of allylic oxidation sites excluding steroid dienone is 1. The Morgan fingerprint density at radius 2 is 1.04 bits per heavy atom. The Bertz CT molecular complexity index is 756. The maximum atomic E-state index is 4.57. The largest absolute Gasteiger partial charge is 0.119 e. The molecule has 130 valence electrons. The third-order valence-corrected chi connectivity index (χ3v) is 10.6. The number of hydrogen-bond acceptors (Lipinski definition) is 0. The molecule has 4 rings (SSSR count). The van der Waals surface area contributed by atoms with Crippen molar-refractivity contribution in [3.05, 3.63) is 103 Å². The Labute approximate surface area is 157 Å². The van der Waals surface area contributed by atoms with Gasteiger partial charge in [-0.05, 0) is 67.7 Å². The molecule has 0 aromatic heterocycles. The van der Waals surface area contributed by atoms with Gasteiger partial charge in [0.15, 0.2) is 0 Å². The Hall–Kier alpha value is -2.17. The molecule has 3 aromatic rings. The summed E-state index contributed by atoms with van der Waals surface area (Å²) in [6.45, 7) is 4.57. The van der Waals surface area contributed by atoms with Crippen molar-refractivity contribution in [2.75, 3.05) is 0 Å². The van der Waals surface area contributed by atoms with E-state index in [-0.39, 0.29) is 0 Å². The van der Waals surface area contributed by atoms with Gasteiger partial charge >= 0.3 is 0 Å². The molecule has 1 saturated carbocycles. The van der Waals surface area contributed by atoms with Crippen molar-refractivity contribution in [1.82, 2.24) is 0 Å². The summed E-state index contributed by atoms with van der Waals surface area (Å²) in [6, 6.07) is 33.6. The lowest BCUT2D eigenvalue weighted by Gasteiger charge is -2.38. The topological polar surface area (TPSA) is 0 Å². The molecule has 26 heavy (non-hydrogen) atoms. The van der Waals surface area contributed by atoms with Gasteiger partial charge in [-0.1, -0.05) is 61.2 Å². The van der Waals surface area contributed by atoms with Gasteiger partial charge in [-0.15, -0.1) is 0 Å². The first-order valence-corrected chi connectivity index (χ1v) is 11.4. The van der Waals surface area contributed by atoms with Crippen molar-refractivity contribution >= 4 is 23.2 Å². The average molecular weight is 357 g/mol. The van der Waals surface area contributed by atoms with E-state index in [0.29, 0.717) is 5.66 Å². The van der Waals surface area contributed by atoms with Crippen molar-refractivity contribution in [1.29, 1.82) is 0 Å². The van der Waals surface area contributed by atoms with Gasteiger partial charge in [0.05, 0.1) is 0 Å². The van der Waals surface area contributed by atoms with E-state index in [1.54, 1.807) is 0 Å². The minimum atomic E-state index is -1.78. The van der Waals surface area contributed by atoms with Gasteiger partial charge in [0.1, 0.15) is 28.8 Å². The molecular weight excluding hydrogens is 331 g/mol. The Balaban J connectivity index is 2.05. The van der Waals surface area contributed by atoms with Crippen LogP contribution in [-0.4, -0.2) is 5.66 Å². The van der Waals surface area contributed by atoms with Gasteiger partial charge in [0, 0.05) is 0 Å². The summed E-state index contributed by atoms with van der Waals surface area (Å²) in [5, 5.41) is 4.43. The van der Waals surface area contributed by atoms with E-state index in [0.717, 1.165) is 0 Å². The van der Waals surface area contributed by atoms with E-state index in [4.69, 9.17) is 0 Å². The monoisotopic (exact) mass is 357 g/mol. The van der Waals surface area contributed by atoms with Crippen molar-refractivity contribution in [3.8, 4) is 0 Å². The van der Waals surface area contributed by atoms with E-state index in [2.05, 4.69) is 97.6 Å². The van der Waals surface area contributed by atoms with Gasteiger partial charge in [-0.3, -0.25) is 0 Å². The molecule has 0 nitrogen and oxygen atoms in total. The predicted molar refractivity (Wildman–Crippen MR) is 117 cm³/mol. The molecule has 1 aliphatic rings. The van der Waals surface area contributed by atoms with Crippen molar-refractivity contribution in [3.63, 3.8) is 0 Å². The molecular formula is C25H26P+. The summed E-state index contributed by atoms with van der Waals surface area (Å²) < 4.78 is 0. The van der Waals surface area contributed by atoms with Crippen LogP contribution in [0.1, 0.15) is 25.7 Å². The smallest absolute Gasteiger partial charge is 0.0959 e. The van der Waals surface area contributed by atoms with Crippen LogP contribution in [0.25, 0.3) is 0 Å². The highest BCUT2D eigenvalue weighted by atomic mass is 31.2. The van der Waals surface area contributed by atoms with Crippen molar-refractivity contribution in [2.45, 2.75) is 31.3 Å². The molecule has 0 amide bonds. The fourth-order valence-electron chi connectivity index (χ4n) is 4.50. The van der Waals surface area contributed by atoms with E-state index in [9.17, 15) is 0 Å². The summed E-state index contributed by atoms with van der Waals surface area (Å²) in [6.07, 6.45) is 5.00. The van der Waals surface area contributed by atoms with Crippen LogP contribution in [0.5, 0.6) is 0 Å². The second-order valence-electron chi connectivity index (χ2n) is 7.15. The van der Waals surface area contributed by atoms with Gasteiger partial charge in [-0.25, -0.2) is 0 Å². The molecule has 0 aliphatic heterocycles. The molecule has 1 heteroatoms. The molecule has 0 bridgehead atoms. The first-order chi connectivity index (χ1) is 12.8. The summed E-state index contributed by atoms with van der Waals surface area (Å²) in [5.41, 5.74) is 1.98. The third-order valence-electron chi connectivity index (χ3n) is 5.65. The van der Waals surface area contributed by atoms with E-state index >= 15 is 0 Å². The molecule has 1 fully saturated rings. The Kier molecular flexibility index (Phi) is 5.05. The molecule has 0 heterocycles. The van der Waals surface area contributed by atoms with Crippen LogP contribution < -0.4 is 15.9 Å². The molecule has 1 aliphatic carbocycles. The zero-order valence-electron chi connectivity index (χ0n) is 15.2. The van der Waals surface area contributed by atoms with E-state index in [1.807, 2.05) is 0 Å². The van der Waals surface area contributed by atoms with Crippen molar-refractivity contribution < 1.29 is 0 Å². The second-order valence-corrected chi connectivity index (χ2v) is 10.8. The SMILES string of the molecule is C=C1CCCCC1[P+](c1ccccc1)(c1ccccc1)c1ccccc1. The highest BCUT2D eigenvalue weighted by Crippen LogP contribution is 2.64. The first kappa shape index (κ1) is 17.3. The predicted octanol–water partition coefficient (Wildman–Crippen LogP) is 5.48. The van der Waals surface area contributed by atoms with Crippen LogP contribution in [-0.2, 0) is 0 Å². The summed E-state index contributed by atoms with van der Waals surface area (Å²) in [4.78, 5) is 0. The number of rotatable bonds is 4. The van der Waals surface area contributed by atoms with Crippen LogP contribution in [0.3, 0.4) is 0 Å². The summed E-state index contributed by atoms with van der Waals surface area (Å²) in [7, 11) is -1.78. The summed E-state index contributed by atoms with van der Waals surface area (Å²) >= 11 is 0. The molecule has 0 radical (unpaired) electrons. The lowest BCUT2D eigenvalue weighted by atomic mass is 9.96. The first-order valence-electron chi connectivity index (χ1n) is 9.57. The normalized spacial score (nSPS) is 17.8. The van der Waals surface area contributed by atoms with Crippen LogP contribution in [0.4, 0.5) is 0 Å². The van der Waals surface area contributed by atoms with E-state index in [1.165, 1.54) is 47.2 Å². The lowest BCUT2D eigenvalue weighted by Crippen LogP contribution is -2.40. The molecule has 0 spiro atoms. The number of benzene rings is 3. The second kappa shape index (κ2) is 7.60. The molecule has 3 aromatic carbocycles. The standard InChI is InChI=1S/C25H26P/c1-21-13-11-12-20-25(21)26(22-14-5-2-6-15-22,23-16-7-3-8-17-23)24-18-9-4-10-19-24/h2-10,14-19,25H,1,11-13,20H2/q+1. The van der Waals surface area contributed by atoms with Gasteiger partial charge in [-0.2, -0.15) is 0 Å². The highest BCUT2D eigenvalue weighted by molar-refractivity contribution is 7.96. The van der Waals surface area contributed by atoms with Crippen molar-refractivity contribution in [2.24, 2.45) is 0 Å². The zero-order chi connectivity index (χ0) is 17.8. The van der Waals surface area contributed by atoms with Crippen LogP contribution in [0.15, 0.2) is 103 Å². The quantitative estimate of drug-likeness (QED) is 0.428. The van der Waals surface area contributed by atoms with Crippen LogP contribution in [0.2, 0.25) is 0 Å². The Morgan fingerprint density at radius 1 is 0.615 bits per heavy atom. The maximum Gasteiger partial charge on any atom is 0.119 e. The minimum absolute atomic E-state index is 0.531.